The standard InChI is InChI=1S/C16H21NO3/c1-2-14(12-7-4-3-5-8-12)16(20)17-10-6-9-13(17)11-15(18)19/h3-5,7-8,13-14H,2,6,9-11H2,1H3,(H,18,19). The van der Waals surface area contributed by atoms with Gasteiger partial charge < -0.3 is 10.0 Å². The first-order valence-corrected chi connectivity index (χ1v) is 7.20. The molecule has 1 aromatic rings. The first-order valence-electron chi connectivity index (χ1n) is 7.20. The van der Waals surface area contributed by atoms with E-state index in [0.717, 1.165) is 24.8 Å². The summed E-state index contributed by atoms with van der Waals surface area (Å²) in [4.78, 5) is 25.4. The molecule has 1 N–H and O–H groups in total. The third kappa shape index (κ3) is 3.18. The number of hydrogen-bond acceptors (Lipinski definition) is 2. The van der Waals surface area contributed by atoms with Crippen molar-refractivity contribution in [3.8, 4) is 0 Å². The van der Waals surface area contributed by atoms with E-state index in [9.17, 15) is 9.59 Å². The Kier molecular flexibility index (Phi) is 4.77. The second-order valence-corrected chi connectivity index (χ2v) is 5.30. The van der Waals surface area contributed by atoms with Crippen LogP contribution in [-0.4, -0.2) is 34.5 Å². The van der Waals surface area contributed by atoms with E-state index >= 15 is 0 Å². The number of carboxylic acids is 1. The zero-order valence-electron chi connectivity index (χ0n) is 11.8. The molecule has 2 unspecified atom stereocenters. The number of carboxylic acid groups (broad SMARTS) is 1. The van der Waals surface area contributed by atoms with Gasteiger partial charge in [-0.1, -0.05) is 37.3 Å². The third-order valence-corrected chi connectivity index (χ3v) is 3.98. The summed E-state index contributed by atoms with van der Waals surface area (Å²) in [6.45, 7) is 2.68. The molecule has 1 aromatic carbocycles. The van der Waals surface area contributed by atoms with Gasteiger partial charge in [-0.25, -0.2) is 0 Å². The van der Waals surface area contributed by atoms with Crippen LogP contribution in [0.3, 0.4) is 0 Å². The lowest BCUT2D eigenvalue weighted by Gasteiger charge is -2.28. The smallest absolute Gasteiger partial charge is 0.305 e. The Labute approximate surface area is 119 Å². The van der Waals surface area contributed by atoms with E-state index in [-0.39, 0.29) is 24.3 Å². The molecule has 1 aliphatic heterocycles. The number of rotatable bonds is 5. The van der Waals surface area contributed by atoms with Gasteiger partial charge in [0.1, 0.15) is 0 Å². The molecule has 2 atom stereocenters. The fourth-order valence-electron chi connectivity index (χ4n) is 2.98. The minimum atomic E-state index is -0.831. The van der Waals surface area contributed by atoms with Crippen LogP contribution in [0.1, 0.15) is 44.1 Å². The number of amides is 1. The van der Waals surface area contributed by atoms with Crippen molar-refractivity contribution < 1.29 is 14.7 Å². The van der Waals surface area contributed by atoms with Gasteiger partial charge in [0, 0.05) is 12.6 Å². The Balaban J connectivity index is 2.14. The van der Waals surface area contributed by atoms with Crippen LogP contribution in [0.4, 0.5) is 0 Å². The van der Waals surface area contributed by atoms with Crippen molar-refractivity contribution in [2.45, 2.75) is 44.6 Å². The molecule has 1 fully saturated rings. The number of likely N-dealkylation sites (tertiary alicyclic amines) is 1. The molecule has 2 rings (SSSR count). The lowest BCUT2D eigenvalue weighted by Crippen LogP contribution is -2.39. The van der Waals surface area contributed by atoms with Gasteiger partial charge in [0.05, 0.1) is 12.3 Å². The van der Waals surface area contributed by atoms with Crippen LogP contribution in [-0.2, 0) is 9.59 Å². The molecule has 20 heavy (non-hydrogen) atoms. The molecule has 108 valence electrons. The van der Waals surface area contributed by atoms with Crippen molar-refractivity contribution in [2.24, 2.45) is 0 Å². The molecule has 0 radical (unpaired) electrons. The zero-order chi connectivity index (χ0) is 14.5. The van der Waals surface area contributed by atoms with Gasteiger partial charge in [-0.2, -0.15) is 0 Å². The fourth-order valence-corrected chi connectivity index (χ4v) is 2.98. The van der Waals surface area contributed by atoms with Crippen LogP contribution in [0.15, 0.2) is 30.3 Å². The zero-order valence-corrected chi connectivity index (χ0v) is 11.8. The third-order valence-electron chi connectivity index (χ3n) is 3.98. The van der Waals surface area contributed by atoms with E-state index in [2.05, 4.69) is 0 Å². The summed E-state index contributed by atoms with van der Waals surface area (Å²) in [5.41, 5.74) is 1.01. The van der Waals surface area contributed by atoms with Crippen LogP contribution in [0.2, 0.25) is 0 Å². The summed E-state index contributed by atoms with van der Waals surface area (Å²) < 4.78 is 0. The van der Waals surface area contributed by atoms with Crippen LogP contribution < -0.4 is 0 Å². The molecule has 0 bridgehead atoms. The highest BCUT2D eigenvalue weighted by Gasteiger charge is 2.33. The van der Waals surface area contributed by atoms with Crippen LogP contribution in [0, 0.1) is 0 Å². The summed E-state index contributed by atoms with van der Waals surface area (Å²) >= 11 is 0. The number of carbonyl (C=O) groups is 2. The maximum atomic E-state index is 12.7. The Hall–Kier alpha value is -1.84. The van der Waals surface area contributed by atoms with E-state index in [0.29, 0.717) is 6.54 Å². The summed E-state index contributed by atoms with van der Waals surface area (Å²) in [7, 11) is 0. The number of hydrogen-bond donors (Lipinski definition) is 1. The van der Waals surface area contributed by atoms with E-state index in [1.54, 1.807) is 4.90 Å². The highest BCUT2D eigenvalue weighted by molar-refractivity contribution is 5.84. The van der Waals surface area contributed by atoms with Gasteiger partial charge in [0.2, 0.25) is 5.91 Å². The monoisotopic (exact) mass is 275 g/mol. The lowest BCUT2D eigenvalue weighted by atomic mass is 9.94. The van der Waals surface area contributed by atoms with Gasteiger partial charge in [0.15, 0.2) is 0 Å². The molecular weight excluding hydrogens is 254 g/mol. The minimum absolute atomic E-state index is 0.0525. The van der Waals surface area contributed by atoms with Crippen molar-refractivity contribution in [3.05, 3.63) is 35.9 Å². The average molecular weight is 275 g/mol. The van der Waals surface area contributed by atoms with Crippen molar-refractivity contribution in [1.29, 1.82) is 0 Å². The first-order chi connectivity index (χ1) is 9.63. The molecule has 1 heterocycles. The van der Waals surface area contributed by atoms with Crippen molar-refractivity contribution in [3.63, 3.8) is 0 Å². The van der Waals surface area contributed by atoms with Gasteiger partial charge in [-0.15, -0.1) is 0 Å². The van der Waals surface area contributed by atoms with E-state index in [1.165, 1.54) is 0 Å². The molecule has 0 spiro atoms. The Morgan fingerprint density at radius 1 is 1.35 bits per heavy atom. The van der Waals surface area contributed by atoms with Crippen LogP contribution in [0.25, 0.3) is 0 Å². The van der Waals surface area contributed by atoms with Crippen molar-refractivity contribution in [1.82, 2.24) is 4.90 Å². The Morgan fingerprint density at radius 3 is 2.65 bits per heavy atom. The average Bonchev–Trinajstić information content (AvgIpc) is 2.88. The minimum Gasteiger partial charge on any atom is -0.481 e. The molecule has 0 aliphatic carbocycles. The van der Waals surface area contributed by atoms with Gasteiger partial charge in [0.25, 0.3) is 0 Å². The van der Waals surface area contributed by atoms with Crippen molar-refractivity contribution in [2.75, 3.05) is 6.54 Å². The quantitative estimate of drug-likeness (QED) is 0.898. The predicted molar refractivity (Wildman–Crippen MR) is 76.5 cm³/mol. The summed E-state index contributed by atoms with van der Waals surface area (Å²) in [5.74, 6) is -0.921. The van der Waals surface area contributed by atoms with Crippen LogP contribution in [0.5, 0.6) is 0 Å². The predicted octanol–water partition coefficient (Wildman–Crippen LogP) is 2.65. The SMILES string of the molecule is CCC(C(=O)N1CCCC1CC(=O)O)c1ccccc1. The molecule has 4 nitrogen and oxygen atoms in total. The van der Waals surface area contributed by atoms with E-state index in [4.69, 9.17) is 5.11 Å². The summed E-state index contributed by atoms with van der Waals surface area (Å²) in [5, 5.41) is 8.95. The van der Waals surface area contributed by atoms with Crippen molar-refractivity contribution >= 4 is 11.9 Å². The molecular formula is C16H21NO3. The number of nitrogens with zero attached hydrogens (tertiary/aromatic N) is 1. The molecule has 1 aliphatic rings. The van der Waals surface area contributed by atoms with E-state index < -0.39 is 5.97 Å². The van der Waals surface area contributed by atoms with Crippen LogP contribution >= 0.6 is 0 Å². The maximum Gasteiger partial charge on any atom is 0.305 e. The highest BCUT2D eigenvalue weighted by atomic mass is 16.4. The highest BCUT2D eigenvalue weighted by Crippen LogP contribution is 2.28. The first kappa shape index (κ1) is 14.6. The Bertz CT molecular complexity index is 472. The number of aliphatic carboxylic acids is 1. The fraction of sp³-hybridized carbons (Fsp3) is 0.500. The topological polar surface area (TPSA) is 57.6 Å². The largest absolute Gasteiger partial charge is 0.481 e. The second-order valence-electron chi connectivity index (χ2n) is 5.30. The number of carbonyl (C=O) groups excluding carboxylic acids is 1. The molecule has 1 saturated heterocycles. The van der Waals surface area contributed by atoms with Gasteiger partial charge in [-0.3, -0.25) is 9.59 Å². The van der Waals surface area contributed by atoms with Gasteiger partial charge in [-0.05, 0) is 24.8 Å². The molecule has 0 saturated carbocycles. The normalized spacial score (nSPS) is 19.9. The van der Waals surface area contributed by atoms with Gasteiger partial charge >= 0.3 is 5.97 Å². The Morgan fingerprint density at radius 2 is 2.05 bits per heavy atom. The van der Waals surface area contributed by atoms with E-state index in [1.807, 2.05) is 37.3 Å². The molecule has 1 amide bonds. The lowest BCUT2D eigenvalue weighted by molar-refractivity contribution is -0.140. The maximum absolute atomic E-state index is 12.7. The number of benzene rings is 1. The summed E-state index contributed by atoms with van der Waals surface area (Å²) in [6, 6.07) is 9.60. The summed E-state index contributed by atoms with van der Waals surface area (Å²) in [6.07, 6.45) is 2.48. The molecule has 4 heteroatoms. The second kappa shape index (κ2) is 6.55. The molecule has 0 aromatic heterocycles.